The van der Waals surface area contributed by atoms with Gasteiger partial charge in [0.2, 0.25) is 0 Å². The summed E-state index contributed by atoms with van der Waals surface area (Å²) in [5, 5.41) is 15.6. The highest BCUT2D eigenvalue weighted by Gasteiger charge is 2.22. The first kappa shape index (κ1) is 31.9. The van der Waals surface area contributed by atoms with Crippen LogP contribution >= 0.6 is 22.7 Å². The van der Waals surface area contributed by atoms with Crippen molar-refractivity contribution in [1.82, 2.24) is 9.55 Å². The van der Waals surface area contributed by atoms with Crippen LogP contribution in [0.15, 0.2) is 182 Å². The minimum absolute atomic E-state index is 1.12. The lowest BCUT2D eigenvalue weighted by atomic mass is 9.96. The van der Waals surface area contributed by atoms with Gasteiger partial charge in [0.05, 0.1) is 11.0 Å². The van der Waals surface area contributed by atoms with Crippen LogP contribution in [-0.2, 0) is 0 Å². The third kappa shape index (κ3) is 4.41. The number of H-pyrrole nitrogens is 1. The van der Waals surface area contributed by atoms with Crippen LogP contribution in [0.25, 0.3) is 111 Å². The average molecular weight is 786 g/mol. The topological polar surface area (TPSA) is 24.0 Å². The first-order chi connectivity index (χ1) is 29.2. The number of hydrogen-bond donors (Lipinski definition) is 1. The van der Waals surface area contributed by atoms with E-state index in [1.807, 2.05) is 22.7 Å². The van der Waals surface area contributed by atoms with Crippen molar-refractivity contribution in [3.05, 3.63) is 182 Å². The van der Waals surface area contributed by atoms with Crippen LogP contribution in [0, 0.1) is 0 Å². The van der Waals surface area contributed by atoms with E-state index in [9.17, 15) is 0 Å². The standard InChI is InChI=1S/C54H31N3S2/c1-2-12-33(13-3-1)57-45-16-8-6-14-37(45)38-22-20-35(27-46(38)57)56(34-19-18-31-10-4-5-11-32(31)26-34)36-21-23-40-48(28-36)59-50-30-44-54-42(52(40)50)25-24-41-51-39-15-7-9-17-47(39)58-49(51)29-43(55-44)53(41)54/h1-30,55H. The molecule has 0 aliphatic carbocycles. The smallest absolute Gasteiger partial charge is 0.0561 e. The van der Waals surface area contributed by atoms with E-state index in [1.165, 1.54) is 106 Å². The van der Waals surface area contributed by atoms with E-state index in [-0.39, 0.29) is 0 Å². The van der Waals surface area contributed by atoms with Crippen molar-refractivity contribution in [2.75, 3.05) is 4.90 Å². The summed E-state index contributed by atoms with van der Waals surface area (Å²) in [7, 11) is 0. The van der Waals surface area contributed by atoms with Crippen molar-refractivity contribution in [3.8, 4) is 5.69 Å². The molecule has 0 bridgehead atoms. The Labute approximate surface area is 345 Å². The van der Waals surface area contributed by atoms with Crippen LogP contribution in [0.4, 0.5) is 17.1 Å². The van der Waals surface area contributed by atoms with Crippen LogP contribution < -0.4 is 4.90 Å². The third-order valence-electron chi connectivity index (χ3n) is 12.6. The predicted octanol–water partition coefficient (Wildman–Crippen LogP) is 16.4. The molecule has 0 aliphatic rings. The maximum Gasteiger partial charge on any atom is 0.0561 e. The number of nitrogens with zero attached hydrogens (tertiary/aromatic N) is 2. The van der Waals surface area contributed by atoms with Gasteiger partial charge in [-0.25, -0.2) is 0 Å². The third-order valence-corrected chi connectivity index (χ3v) is 14.8. The molecule has 0 atom stereocenters. The number of rotatable bonds is 4. The zero-order valence-corrected chi connectivity index (χ0v) is 33.2. The molecule has 0 spiro atoms. The molecule has 0 radical (unpaired) electrons. The second-order valence-electron chi connectivity index (χ2n) is 15.8. The molecule has 0 fully saturated rings. The molecular weight excluding hydrogens is 755 g/mol. The lowest BCUT2D eigenvalue weighted by Gasteiger charge is -2.26. The summed E-state index contributed by atoms with van der Waals surface area (Å²) in [5.74, 6) is 0. The van der Waals surface area contributed by atoms with Gasteiger partial charge in [0, 0.05) is 95.7 Å². The van der Waals surface area contributed by atoms with Crippen LogP contribution in [0.3, 0.4) is 0 Å². The molecule has 274 valence electrons. The minimum Gasteiger partial charge on any atom is -0.354 e. The van der Waals surface area contributed by atoms with E-state index >= 15 is 0 Å². The molecule has 4 heterocycles. The number of nitrogens with one attached hydrogen (secondary N) is 1. The summed E-state index contributed by atoms with van der Waals surface area (Å²) in [6.45, 7) is 0. The summed E-state index contributed by atoms with van der Waals surface area (Å²) < 4.78 is 7.67. The molecule has 0 saturated heterocycles. The molecular formula is C54H31N3S2. The quantitative estimate of drug-likeness (QED) is 0.177. The van der Waals surface area contributed by atoms with E-state index < -0.39 is 0 Å². The molecule has 10 aromatic carbocycles. The zero-order valence-electron chi connectivity index (χ0n) is 31.5. The fraction of sp³-hybridized carbons (Fsp3) is 0. The minimum atomic E-state index is 1.12. The number of anilines is 3. The Bertz CT molecular complexity index is 4030. The Balaban J connectivity index is 1.00. The van der Waals surface area contributed by atoms with Gasteiger partial charge in [-0.15, -0.1) is 22.7 Å². The molecule has 0 unspecified atom stereocenters. The van der Waals surface area contributed by atoms with Crippen molar-refractivity contribution >= 4 is 145 Å². The fourth-order valence-corrected chi connectivity index (χ4v) is 12.5. The summed E-state index contributed by atoms with van der Waals surface area (Å²) >= 11 is 3.78. The maximum absolute atomic E-state index is 3.86. The Morgan fingerprint density at radius 1 is 0.356 bits per heavy atom. The Morgan fingerprint density at radius 2 is 0.915 bits per heavy atom. The first-order valence-corrected chi connectivity index (χ1v) is 21.7. The summed E-state index contributed by atoms with van der Waals surface area (Å²) in [6, 6.07) is 67.4. The van der Waals surface area contributed by atoms with E-state index in [4.69, 9.17) is 0 Å². The van der Waals surface area contributed by atoms with Gasteiger partial charge in [-0.3, -0.25) is 0 Å². The molecule has 59 heavy (non-hydrogen) atoms. The largest absolute Gasteiger partial charge is 0.354 e. The van der Waals surface area contributed by atoms with E-state index in [2.05, 4.69) is 196 Å². The molecule has 0 aliphatic heterocycles. The van der Waals surface area contributed by atoms with Gasteiger partial charge in [0.25, 0.3) is 0 Å². The van der Waals surface area contributed by atoms with E-state index in [0.29, 0.717) is 0 Å². The first-order valence-electron chi connectivity index (χ1n) is 20.1. The fourth-order valence-electron chi connectivity index (χ4n) is 10.1. The van der Waals surface area contributed by atoms with E-state index in [0.717, 1.165) is 22.7 Å². The Kier molecular flexibility index (Phi) is 6.32. The highest BCUT2D eigenvalue weighted by Crippen LogP contribution is 2.49. The van der Waals surface area contributed by atoms with Gasteiger partial charge in [0.15, 0.2) is 0 Å². The number of hydrogen-bond acceptors (Lipinski definition) is 3. The molecule has 0 amide bonds. The number of thiophene rings is 2. The van der Waals surface area contributed by atoms with Crippen molar-refractivity contribution in [2.45, 2.75) is 0 Å². The van der Waals surface area contributed by atoms with Gasteiger partial charge in [-0.05, 0) is 94.3 Å². The number of aromatic nitrogens is 2. The molecule has 5 heteroatoms. The maximum atomic E-state index is 3.86. The number of para-hydroxylation sites is 2. The lowest BCUT2D eigenvalue weighted by Crippen LogP contribution is -2.10. The van der Waals surface area contributed by atoms with Gasteiger partial charge >= 0.3 is 0 Å². The molecule has 14 aromatic rings. The molecule has 0 saturated carbocycles. The summed E-state index contributed by atoms with van der Waals surface area (Å²) in [5.41, 5.74) is 9.35. The highest BCUT2D eigenvalue weighted by atomic mass is 32.1. The Hall–Kier alpha value is -7.18. The van der Waals surface area contributed by atoms with E-state index in [1.54, 1.807) is 0 Å². The zero-order chi connectivity index (χ0) is 38.3. The second kappa shape index (κ2) is 11.7. The van der Waals surface area contributed by atoms with Crippen molar-refractivity contribution in [2.24, 2.45) is 0 Å². The molecule has 3 nitrogen and oxygen atoms in total. The number of fused-ring (bicyclic) bond motifs is 12. The monoisotopic (exact) mass is 785 g/mol. The lowest BCUT2D eigenvalue weighted by molar-refractivity contribution is 1.18. The van der Waals surface area contributed by atoms with Gasteiger partial charge in [-0.1, -0.05) is 109 Å². The van der Waals surface area contributed by atoms with Crippen LogP contribution in [0.5, 0.6) is 0 Å². The second-order valence-corrected chi connectivity index (χ2v) is 17.9. The van der Waals surface area contributed by atoms with Crippen molar-refractivity contribution in [1.29, 1.82) is 0 Å². The summed E-state index contributed by atoms with van der Waals surface area (Å²) in [6.07, 6.45) is 0. The molecule has 14 rings (SSSR count). The van der Waals surface area contributed by atoms with Crippen LogP contribution in [0.2, 0.25) is 0 Å². The SMILES string of the molecule is c1ccc(-n2c3ccccc3c3ccc(N(c4ccc5ccccc5c4)c4ccc5c(c4)sc4cc6[nH]c7cc8sc9ccccc9c8c8ccc(c45)c6c78)cc32)cc1. The molecule has 4 aromatic heterocycles. The normalized spacial score (nSPS) is 12.4. The predicted molar refractivity (Wildman–Crippen MR) is 257 cm³/mol. The van der Waals surface area contributed by atoms with Crippen LogP contribution in [0.1, 0.15) is 0 Å². The van der Waals surface area contributed by atoms with Gasteiger partial charge in [-0.2, -0.15) is 0 Å². The number of aromatic amines is 1. The Morgan fingerprint density at radius 3 is 1.71 bits per heavy atom. The van der Waals surface area contributed by atoms with Crippen molar-refractivity contribution < 1.29 is 0 Å². The summed E-state index contributed by atoms with van der Waals surface area (Å²) in [4.78, 5) is 6.30. The average Bonchev–Trinajstić information content (AvgIpc) is 4.04. The number of benzene rings is 10. The van der Waals surface area contributed by atoms with Gasteiger partial charge < -0.3 is 14.5 Å². The van der Waals surface area contributed by atoms with Crippen molar-refractivity contribution in [3.63, 3.8) is 0 Å². The molecule has 1 N–H and O–H groups in total. The van der Waals surface area contributed by atoms with Crippen LogP contribution in [-0.4, -0.2) is 9.55 Å². The van der Waals surface area contributed by atoms with Gasteiger partial charge in [0.1, 0.15) is 0 Å². The highest BCUT2D eigenvalue weighted by molar-refractivity contribution is 7.26.